The van der Waals surface area contributed by atoms with Crippen LogP contribution in [0.3, 0.4) is 0 Å². The quantitative estimate of drug-likeness (QED) is 0.111. The minimum Gasteiger partial charge on any atom is -0.462 e. The highest BCUT2D eigenvalue weighted by Gasteiger charge is 2.74. The molecule has 2 aliphatic carbocycles. The number of rotatable bonds is 10. The summed E-state index contributed by atoms with van der Waals surface area (Å²) in [7, 11) is 0. The fourth-order valence-corrected chi connectivity index (χ4v) is 8.12. The Bertz CT molecular complexity index is 1390. The van der Waals surface area contributed by atoms with E-state index in [9.17, 15) is 19.8 Å². The smallest absolute Gasteiger partial charge is 0.321 e. The Morgan fingerprint density at radius 1 is 0.957 bits per heavy atom. The van der Waals surface area contributed by atoms with Crippen molar-refractivity contribution in [3.05, 3.63) is 83.2 Å². The SMILES string of the molecule is CC(=O)O[C@H]1CC(C)(C)C(=CC/C(C)=C/C=C/C=C/C=C(\C)CC2=CC(/C=C/[C@@]34O[C@]3(C)C[C@@H](O)CC4(C)C)C(=O)O2)[C@](C)(O)C1. The van der Waals surface area contributed by atoms with Crippen molar-refractivity contribution in [1.82, 2.24) is 0 Å². The van der Waals surface area contributed by atoms with Gasteiger partial charge in [0.15, 0.2) is 0 Å². The molecule has 7 heteroatoms. The van der Waals surface area contributed by atoms with Crippen molar-refractivity contribution >= 4 is 11.9 Å². The first-order valence-electron chi connectivity index (χ1n) is 16.6. The lowest BCUT2D eigenvalue weighted by Gasteiger charge is -2.46. The van der Waals surface area contributed by atoms with Gasteiger partial charge in [-0.15, -0.1) is 0 Å². The highest BCUT2D eigenvalue weighted by molar-refractivity contribution is 5.80. The van der Waals surface area contributed by atoms with Gasteiger partial charge in [0.2, 0.25) is 0 Å². The highest BCUT2D eigenvalue weighted by Crippen LogP contribution is 2.66. The Morgan fingerprint density at radius 3 is 2.22 bits per heavy atom. The second-order valence-corrected chi connectivity index (χ2v) is 15.5. The minimum atomic E-state index is -1.03. The molecule has 0 aromatic rings. The number of epoxide rings is 1. The molecule has 1 unspecified atom stereocenters. The summed E-state index contributed by atoms with van der Waals surface area (Å²) in [5.41, 5.74) is 0.811. The van der Waals surface area contributed by atoms with Crippen LogP contribution in [-0.4, -0.2) is 51.2 Å². The van der Waals surface area contributed by atoms with Crippen molar-refractivity contribution in [2.24, 2.45) is 16.7 Å². The van der Waals surface area contributed by atoms with E-state index >= 15 is 0 Å². The Hall–Kier alpha value is -3.00. The number of carbonyl (C=O) groups is 2. The van der Waals surface area contributed by atoms with Gasteiger partial charge in [0.05, 0.1) is 17.6 Å². The topological polar surface area (TPSA) is 106 Å². The second kappa shape index (κ2) is 13.2. The summed E-state index contributed by atoms with van der Waals surface area (Å²) in [5.74, 6) is -0.371. The molecule has 1 saturated heterocycles. The van der Waals surface area contributed by atoms with Gasteiger partial charge in [-0.3, -0.25) is 9.59 Å². The molecule has 0 aromatic heterocycles. The molecule has 6 atom stereocenters. The van der Waals surface area contributed by atoms with Crippen LogP contribution in [-0.2, 0) is 23.8 Å². The molecule has 4 rings (SSSR count). The zero-order valence-corrected chi connectivity index (χ0v) is 29.2. The van der Waals surface area contributed by atoms with Crippen LogP contribution in [0.25, 0.3) is 0 Å². The van der Waals surface area contributed by atoms with E-state index in [0.717, 1.165) is 17.6 Å². The molecule has 0 spiro atoms. The molecule has 2 saturated carbocycles. The first-order chi connectivity index (χ1) is 21.3. The number of allylic oxidation sites excluding steroid dienone is 9. The van der Waals surface area contributed by atoms with Gasteiger partial charge in [-0.1, -0.05) is 93.5 Å². The van der Waals surface area contributed by atoms with Crippen molar-refractivity contribution in [2.75, 3.05) is 0 Å². The zero-order valence-electron chi connectivity index (χ0n) is 29.2. The number of aliphatic hydroxyl groups excluding tert-OH is 1. The molecule has 0 aromatic carbocycles. The number of esters is 2. The highest BCUT2D eigenvalue weighted by atomic mass is 16.6. The number of carbonyl (C=O) groups excluding carboxylic acids is 2. The minimum absolute atomic E-state index is 0.232. The summed E-state index contributed by atoms with van der Waals surface area (Å²) in [6.45, 7) is 17.7. The number of fused-ring (bicyclic) bond motifs is 1. The van der Waals surface area contributed by atoms with E-state index in [4.69, 9.17) is 14.2 Å². The number of aliphatic hydroxyl groups is 2. The predicted molar refractivity (Wildman–Crippen MR) is 180 cm³/mol. The number of hydrogen-bond acceptors (Lipinski definition) is 7. The Labute approximate surface area is 275 Å². The molecule has 0 amide bonds. The van der Waals surface area contributed by atoms with Crippen molar-refractivity contribution in [2.45, 2.75) is 130 Å². The van der Waals surface area contributed by atoms with Crippen LogP contribution in [0.1, 0.15) is 101 Å². The maximum absolute atomic E-state index is 12.6. The van der Waals surface area contributed by atoms with E-state index in [1.807, 2.05) is 69.4 Å². The van der Waals surface area contributed by atoms with E-state index in [1.54, 1.807) is 0 Å². The molecular formula is C39H54O7. The largest absolute Gasteiger partial charge is 0.462 e. The molecule has 0 bridgehead atoms. The standard InChI is InChI=1S/C39H54O7/c1-26(16-17-33-35(4,5)24-32(44-28(3)40)25-37(33,8)43)14-12-10-11-13-15-27(2)20-31-21-29(34(42)45-31)18-19-39-36(6,7)22-30(41)23-38(39,9)46-39/h10-15,17-19,21,29-30,32,41,43H,16,20,22-25H2,1-9H3/b12-10+,13-11+,19-18+,26-14+,27-15+,33-17?/t29?,30-,32-,37+,38+,39-/m0/s1. The lowest BCUT2D eigenvalue weighted by atomic mass is 9.63. The summed E-state index contributed by atoms with van der Waals surface area (Å²) in [6.07, 6.45) is 22.9. The van der Waals surface area contributed by atoms with Crippen LogP contribution < -0.4 is 0 Å². The van der Waals surface area contributed by atoms with Crippen LogP contribution in [0.2, 0.25) is 0 Å². The lowest BCUT2D eigenvalue weighted by molar-refractivity contribution is -0.152. The van der Waals surface area contributed by atoms with Gasteiger partial charge in [0.1, 0.15) is 23.1 Å². The van der Waals surface area contributed by atoms with E-state index in [0.29, 0.717) is 37.9 Å². The van der Waals surface area contributed by atoms with E-state index in [-0.39, 0.29) is 35.0 Å². The molecule has 3 fully saturated rings. The van der Waals surface area contributed by atoms with Crippen molar-refractivity contribution in [3.8, 4) is 0 Å². The molecule has 2 N–H and O–H groups in total. The zero-order chi connectivity index (χ0) is 34.1. The summed E-state index contributed by atoms with van der Waals surface area (Å²) in [4.78, 5) is 24.1. The molecule has 2 aliphatic heterocycles. The van der Waals surface area contributed by atoms with Crippen molar-refractivity contribution < 1.29 is 34.0 Å². The van der Waals surface area contributed by atoms with Gasteiger partial charge in [-0.2, -0.15) is 0 Å². The van der Waals surface area contributed by atoms with Crippen LogP contribution in [0.15, 0.2) is 83.2 Å². The monoisotopic (exact) mass is 634 g/mol. The molecule has 4 aliphatic rings. The predicted octanol–water partition coefficient (Wildman–Crippen LogP) is 7.52. The fourth-order valence-electron chi connectivity index (χ4n) is 8.12. The van der Waals surface area contributed by atoms with Gasteiger partial charge in [0, 0.05) is 31.6 Å². The summed E-state index contributed by atoms with van der Waals surface area (Å²) < 4.78 is 17.2. The Balaban J connectivity index is 1.28. The summed E-state index contributed by atoms with van der Waals surface area (Å²) >= 11 is 0. The maximum atomic E-state index is 12.6. The van der Waals surface area contributed by atoms with Gasteiger partial charge in [-0.05, 0) is 64.0 Å². The fraction of sp³-hybridized carbons (Fsp3) is 0.590. The third kappa shape index (κ3) is 7.92. The molecule has 2 heterocycles. The molecular weight excluding hydrogens is 580 g/mol. The maximum Gasteiger partial charge on any atom is 0.321 e. The van der Waals surface area contributed by atoms with Gasteiger partial charge < -0.3 is 24.4 Å². The van der Waals surface area contributed by atoms with Gasteiger partial charge in [-0.25, -0.2) is 0 Å². The first kappa shape index (κ1) is 35.8. The Kier molecular flexibility index (Phi) is 10.3. The molecule has 252 valence electrons. The number of cyclic esters (lactones) is 1. The molecule has 7 nitrogen and oxygen atoms in total. The van der Waals surface area contributed by atoms with Crippen molar-refractivity contribution in [1.29, 1.82) is 0 Å². The van der Waals surface area contributed by atoms with E-state index < -0.39 is 22.7 Å². The van der Waals surface area contributed by atoms with E-state index in [2.05, 4.69) is 46.8 Å². The van der Waals surface area contributed by atoms with Crippen molar-refractivity contribution in [3.63, 3.8) is 0 Å². The van der Waals surface area contributed by atoms with Crippen LogP contribution in [0.5, 0.6) is 0 Å². The third-order valence-electron chi connectivity index (χ3n) is 10.1. The van der Waals surface area contributed by atoms with Crippen LogP contribution >= 0.6 is 0 Å². The van der Waals surface area contributed by atoms with Crippen LogP contribution in [0, 0.1) is 16.7 Å². The van der Waals surface area contributed by atoms with E-state index in [1.165, 1.54) is 12.5 Å². The normalized spacial score (nSPS) is 36.8. The average molecular weight is 635 g/mol. The molecule has 46 heavy (non-hydrogen) atoms. The molecule has 0 radical (unpaired) electrons. The van der Waals surface area contributed by atoms with Crippen LogP contribution in [0.4, 0.5) is 0 Å². The van der Waals surface area contributed by atoms with Gasteiger partial charge in [0.25, 0.3) is 0 Å². The summed E-state index contributed by atoms with van der Waals surface area (Å²) in [6, 6.07) is 0. The average Bonchev–Trinajstić information content (AvgIpc) is 3.36. The van der Waals surface area contributed by atoms with Gasteiger partial charge >= 0.3 is 11.9 Å². The Morgan fingerprint density at radius 2 is 1.61 bits per heavy atom. The second-order valence-electron chi connectivity index (χ2n) is 15.5. The third-order valence-corrected chi connectivity index (χ3v) is 10.1. The number of hydrogen-bond donors (Lipinski definition) is 2. The summed E-state index contributed by atoms with van der Waals surface area (Å²) in [5, 5.41) is 21.4. The lowest BCUT2D eigenvalue weighted by Crippen LogP contribution is -2.46. The number of ether oxygens (including phenoxy) is 3. The first-order valence-corrected chi connectivity index (χ1v) is 16.6.